The maximum absolute atomic E-state index is 11.0. The smallest absolute Gasteiger partial charge is 0.317 e. The Balaban J connectivity index is 2.14. The lowest BCUT2D eigenvalue weighted by Gasteiger charge is -2.21. The van der Waals surface area contributed by atoms with Crippen LogP contribution in [0.25, 0.3) is 0 Å². The standard InChI is InChI=1S/C15H22N2O3/c1-10-6-16-13(11(2)15(10)20-3)8-17(9-14(18)19)7-12-4-5-12/h6,12H,4-5,7-9H2,1-3H3,(H,18,19). The predicted molar refractivity (Wildman–Crippen MR) is 75.9 cm³/mol. The van der Waals surface area contributed by atoms with Gasteiger partial charge in [-0.05, 0) is 32.6 Å². The molecule has 0 unspecified atom stereocenters. The zero-order valence-electron chi connectivity index (χ0n) is 12.3. The molecule has 1 saturated carbocycles. The minimum atomic E-state index is -0.789. The number of carbonyl (C=O) groups is 1. The number of aromatic nitrogens is 1. The molecular formula is C15H22N2O3. The third-order valence-electron chi connectivity index (χ3n) is 3.70. The van der Waals surface area contributed by atoms with Crippen LogP contribution in [0.4, 0.5) is 0 Å². The van der Waals surface area contributed by atoms with Gasteiger partial charge in [0.1, 0.15) is 5.75 Å². The van der Waals surface area contributed by atoms with Gasteiger partial charge in [-0.15, -0.1) is 0 Å². The predicted octanol–water partition coefficient (Wildman–Crippen LogP) is 2.00. The lowest BCUT2D eigenvalue weighted by Crippen LogP contribution is -2.31. The highest BCUT2D eigenvalue weighted by Crippen LogP contribution is 2.31. The van der Waals surface area contributed by atoms with E-state index in [1.54, 1.807) is 13.3 Å². The largest absolute Gasteiger partial charge is 0.496 e. The van der Waals surface area contributed by atoms with Crippen LogP contribution in [0.3, 0.4) is 0 Å². The summed E-state index contributed by atoms with van der Waals surface area (Å²) in [7, 11) is 1.65. The van der Waals surface area contributed by atoms with Crippen LogP contribution in [0.1, 0.15) is 29.7 Å². The molecule has 0 bridgehead atoms. The van der Waals surface area contributed by atoms with E-state index in [1.165, 1.54) is 12.8 Å². The summed E-state index contributed by atoms with van der Waals surface area (Å²) in [6, 6.07) is 0. The highest BCUT2D eigenvalue weighted by Gasteiger charge is 2.26. The summed E-state index contributed by atoms with van der Waals surface area (Å²) in [5, 5.41) is 9.02. The minimum absolute atomic E-state index is 0.0633. The summed E-state index contributed by atoms with van der Waals surface area (Å²) < 4.78 is 5.40. The number of ether oxygens (including phenoxy) is 1. The molecule has 20 heavy (non-hydrogen) atoms. The van der Waals surface area contributed by atoms with E-state index < -0.39 is 5.97 Å². The molecule has 1 aliphatic rings. The molecule has 0 saturated heterocycles. The van der Waals surface area contributed by atoms with E-state index in [9.17, 15) is 4.79 Å². The number of methoxy groups -OCH3 is 1. The van der Waals surface area contributed by atoms with E-state index in [-0.39, 0.29) is 6.54 Å². The van der Waals surface area contributed by atoms with Crippen molar-refractivity contribution in [2.75, 3.05) is 20.2 Å². The monoisotopic (exact) mass is 278 g/mol. The summed E-state index contributed by atoms with van der Waals surface area (Å²) in [5.74, 6) is 0.709. The Kier molecular flexibility index (Phi) is 4.60. The second kappa shape index (κ2) is 6.22. The van der Waals surface area contributed by atoms with Crippen molar-refractivity contribution in [3.05, 3.63) is 23.0 Å². The number of aliphatic carboxylic acids is 1. The fourth-order valence-corrected chi connectivity index (χ4v) is 2.48. The van der Waals surface area contributed by atoms with Crippen LogP contribution in [0.15, 0.2) is 6.20 Å². The average molecular weight is 278 g/mol. The van der Waals surface area contributed by atoms with Crippen molar-refractivity contribution in [2.45, 2.75) is 33.2 Å². The molecule has 0 aliphatic heterocycles. The van der Waals surface area contributed by atoms with Crippen LogP contribution in [0.5, 0.6) is 5.75 Å². The van der Waals surface area contributed by atoms with Crippen molar-refractivity contribution in [3.63, 3.8) is 0 Å². The van der Waals surface area contributed by atoms with E-state index in [4.69, 9.17) is 9.84 Å². The fourth-order valence-electron chi connectivity index (χ4n) is 2.48. The highest BCUT2D eigenvalue weighted by atomic mass is 16.5. The molecule has 1 heterocycles. The van der Waals surface area contributed by atoms with Gasteiger partial charge in [-0.1, -0.05) is 0 Å². The van der Waals surface area contributed by atoms with Crippen molar-refractivity contribution in [1.82, 2.24) is 9.88 Å². The molecule has 5 nitrogen and oxygen atoms in total. The maximum atomic E-state index is 11.0. The molecule has 1 aliphatic carbocycles. The van der Waals surface area contributed by atoms with Crippen LogP contribution < -0.4 is 4.74 Å². The van der Waals surface area contributed by atoms with Gasteiger partial charge >= 0.3 is 5.97 Å². The van der Waals surface area contributed by atoms with Crippen LogP contribution in [-0.2, 0) is 11.3 Å². The number of aryl methyl sites for hydroxylation is 1. The van der Waals surface area contributed by atoms with E-state index in [2.05, 4.69) is 4.98 Å². The first-order valence-electron chi connectivity index (χ1n) is 6.94. The highest BCUT2D eigenvalue weighted by molar-refractivity contribution is 5.69. The summed E-state index contributed by atoms with van der Waals surface area (Å²) in [6.07, 6.45) is 4.21. The molecule has 1 aromatic heterocycles. The molecule has 1 fully saturated rings. The quantitative estimate of drug-likeness (QED) is 0.826. The van der Waals surface area contributed by atoms with Crippen LogP contribution in [0.2, 0.25) is 0 Å². The first-order chi connectivity index (χ1) is 9.51. The Labute approximate surface area is 119 Å². The summed E-state index contributed by atoms with van der Waals surface area (Å²) in [4.78, 5) is 17.4. The Bertz CT molecular complexity index is 498. The second-order valence-electron chi connectivity index (χ2n) is 5.55. The van der Waals surface area contributed by atoms with Crippen molar-refractivity contribution < 1.29 is 14.6 Å². The molecular weight excluding hydrogens is 256 g/mol. The normalized spacial score (nSPS) is 14.6. The number of nitrogens with zero attached hydrogens (tertiary/aromatic N) is 2. The van der Waals surface area contributed by atoms with Gasteiger partial charge in [0.15, 0.2) is 0 Å². The molecule has 0 atom stereocenters. The van der Waals surface area contributed by atoms with Gasteiger partial charge in [0.05, 0.1) is 19.3 Å². The molecule has 1 N–H and O–H groups in total. The zero-order valence-corrected chi connectivity index (χ0v) is 12.3. The first kappa shape index (κ1) is 14.8. The summed E-state index contributed by atoms with van der Waals surface area (Å²) >= 11 is 0. The third-order valence-corrected chi connectivity index (χ3v) is 3.70. The number of carboxylic acid groups (broad SMARTS) is 1. The van der Waals surface area contributed by atoms with Gasteiger partial charge < -0.3 is 9.84 Å². The van der Waals surface area contributed by atoms with Gasteiger partial charge in [-0.3, -0.25) is 14.7 Å². The summed E-state index contributed by atoms with van der Waals surface area (Å²) in [5.41, 5.74) is 2.90. The Morgan fingerprint density at radius 3 is 2.75 bits per heavy atom. The molecule has 0 spiro atoms. The van der Waals surface area contributed by atoms with E-state index >= 15 is 0 Å². The fraction of sp³-hybridized carbons (Fsp3) is 0.600. The molecule has 2 rings (SSSR count). The number of carboxylic acids is 1. The number of hydrogen-bond donors (Lipinski definition) is 1. The van der Waals surface area contributed by atoms with Gasteiger partial charge in [0.25, 0.3) is 0 Å². The summed E-state index contributed by atoms with van der Waals surface area (Å²) in [6.45, 7) is 5.40. The molecule has 5 heteroatoms. The molecule has 1 aromatic rings. The Morgan fingerprint density at radius 2 is 2.20 bits per heavy atom. The SMILES string of the molecule is COc1c(C)cnc(CN(CC(=O)O)CC2CC2)c1C. The zero-order chi connectivity index (χ0) is 14.7. The topological polar surface area (TPSA) is 62.7 Å². The van der Waals surface area contributed by atoms with E-state index in [0.717, 1.165) is 29.1 Å². The van der Waals surface area contributed by atoms with Gasteiger partial charge in [0, 0.05) is 30.4 Å². The van der Waals surface area contributed by atoms with Crippen molar-refractivity contribution in [1.29, 1.82) is 0 Å². The molecule has 110 valence electrons. The first-order valence-corrected chi connectivity index (χ1v) is 6.94. The van der Waals surface area contributed by atoms with Crippen molar-refractivity contribution >= 4 is 5.97 Å². The van der Waals surface area contributed by atoms with Gasteiger partial charge in [-0.2, -0.15) is 0 Å². The molecule has 0 radical (unpaired) electrons. The van der Waals surface area contributed by atoms with Crippen LogP contribution in [-0.4, -0.2) is 41.2 Å². The molecule has 0 aromatic carbocycles. The number of rotatable bonds is 7. The minimum Gasteiger partial charge on any atom is -0.496 e. The lowest BCUT2D eigenvalue weighted by atomic mass is 10.1. The van der Waals surface area contributed by atoms with Gasteiger partial charge in [-0.25, -0.2) is 0 Å². The van der Waals surface area contributed by atoms with E-state index in [0.29, 0.717) is 12.5 Å². The maximum Gasteiger partial charge on any atom is 0.317 e. The second-order valence-corrected chi connectivity index (χ2v) is 5.55. The average Bonchev–Trinajstić information content (AvgIpc) is 3.16. The Morgan fingerprint density at radius 1 is 1.50 bits per heavy atom. The van der Waals surface area contributed by atoms with Gasteiger partial charge in [0.2, 0.25) is 0 Å². The van der Waals surface area contributed by atoms with E-state index in [1.807, 2.05) is 18.7 Å². The lowest BCUT2D eigenvalue weighted by molar-refractivity contribution is -0.138. The van der Waals surface area contributed by atoms with Crippen molar-refractivity contribution in [2.24, 2.45) is 5.92 Å². The number of pyridine rings is 1. The number of hydrogen-bond acceptors (Lipinski definition) is 4. The molecule has 0 amide bonds. The van der Waals surface area contributed by atoms with Crippen LogP contribution in [0, 0.1) is 19.8 Å². The van der Waals surface area contributed by atoms with Crippen LogP contribution >= 0.6 is 0 Å². The third kappa shape index (κ3) is 3.70. The van der Waals surface area contributed by atoms with Crippen molar-refractivity contribution in [3.8, 4) is 5.75 Å². The Hall–Kier alpha value is -1.62.